The molecule has 1 aromatic heterocycles. The van der Waals surface area contributed by atoms with Gasteiger partial charge in [-0.25, -0.2) is 4.39 Å². The third-order valence-corrected chi connectivity index (χ3v) is 3.20. The molecule has 2 aromatic rings. The molecule has 3 nitrogen and oxygen atoms in total. The number of benzene rings is 1. The van der Waals surface area contributed by atoms with Crippen LogP contribution in [0.25, 0.3) is 0 Å². The molecule has 0 aliphatic rings. The predicted octanol–water partition coefficient (Wildman–Crippen LogP) is 3.28. The van der Waals surface area contributed by atoms with Gasteiger partial charge < -0.3 is 0 Å². The summed E-state index contributed by atoms with van der Waals surface area (Å²) in [5.41, 5.74) is 3.11. The van der Waals surface area contributed by atoms with Gasteiger partial charge in [-0.05, 0) is 31.5 Å². The second kappa shape index (κ2) is 5.34. The summed E-state index contributed by atoms with van der Waals surface area (Å²) in [5, 5.41) is 4.38. The van der Waals surface area contributed by atoms with E-state index < -0.39 is 0 Å². The van der Waals surface area contributed by atoms with Crippen LogP contribution < -0.4 is 0 Å². The standard InChI is InChI=1S/C15H17FN2O/c1-4-14(19)15-10(2)17-18(11(15)3)9-12-6-5-7-13(16)8-12/h5-8H,4,9H2,1-3H3. The van der Waals surface area contributed by atoms with Crippen LogP contribution in [0, 0.1) is 19.7 Å². The van der Waals surface area contributed by atoms with Crippen LogP contribution in [0.5, 0.6) is 0 Å². The number of aryl methyl sites for hydroxylation is 1. The first-order valence-electron chi connectivity index (χ1n) is 6.34. The summed E-state index contributed by atoms with van der Waals surface area (Å²) in [6.07, 6.45) is 0.466. The Labute approximate surface area is 112 Å². The second-order valence-electron chi connectivity index (χ2n) is 4.61. The van der Waals surface area contributed by atoms with Crippen LogP contribution >= 0.6 is 0 Å². The lowest BCUT2D eigenvalue weighted by Crippen LogP contribution is -2.06. The number of carbonyl (C=O) groups excluding carboxylic acids is 1. The zero-order chi connectivity index (χ0) is 14.0. The maximum absolute atomic E-state index is 13.2. The van der Waals surface area contributed by atoms with Crippen molar-refractivity contribution >= 4 is 5.78 Å². The molecule has 0 bridgehead atoms. The third-order valence-electron chi connectivity index (χ3n) is 3.20. The van der Waals surface area contributed by atoms with Crippen LogP contribution in [-0.4, -0.2) is 15.6 Å². The van der Waals surface area contributed by atoms with Gasteiger partial charge >= 0.3 is 0 Å². The van der Waals surface area contributed by atoms with Gasteiger partial charge in [-0.1, -0.05) is 19.1 Å². The van der Waals surface area contributed by atoms with Gasteiger partial charge in [-0.15, -0.1) is 0 Å². The first-order valence-corrected chi connectivity index (χ1v) is 6.34. The van der Waals surface area contributed by atoms with Crippen LogP contribution in [0.2, 0.25) is 0 Å². The molecule has 0 amide bonds. The summed E-state index contributed by atoms with van der Waals surface area (Å²) in [7, 11) is 0. The van der Waals surface area contributed by atoms with Crippen molar-refractivity contribution in [2.45, 2.75) is 33.7 Å². The number of rotatable bonds is 4. The number of aromatic nitrogens is 2. The van der Waals surface area contributed by atoms with Gasteiger partial charge in [0.25, 0.3) is 0 Å². The summed E-state index contributed by atoms with van der Waals surface area (Å²) in [6, 6.07) is 6.42. The molecule has 1 aromatic carbocycles. The summed E-state index contributed by atoms with van der Waals surface area (Å²) in [4.78, 5) is 11.9. The Balaban J connectivity index is 2.34. The Morgan fingerprint density at radius 3 is 2.74 bits per heavy atom. The highest BCUT2D eigenvalue weighted by molar-refractivity contribution is 5.97. The van der Waals surface area contributed by atoms with Gasteiger partial charge in [-0.3, -0.25) is 9.48 Å². The molecule has 0 saturated heterocycles. The zero-order valence-electron chi connectivity index (χ0n) is 11.4. The quantitative estimate of drug-likeness (QED) is 0.791. The monoisotopic (exact) mass is 260 g/mol. The molecule has 0 saturated carbocycles. The Bertz CT molecular complexity index is 617. The average molecular weight is 260 g/mol. The van der Waals surface area contributed by atoms with Gasteiger partial charge in [-0.2, -0.15) is 5.10 Å². The minimum atomic E-state index is -0.260. The van der Waals surface area contributed by atoms with Gasteiger partial charge in [0.15, 0.2) is 5.78 Å². The molecule has 0 N–H and O–H groups in total. The first-order chi connectivity index (χ1) is 9.02. The Morgan fingerprint density at radius 2 is 2.11 bits per heavy atom. The molecule has 19 heavy (non-hydrogen) atoms. The largest absolute Gasteiger partial charge is 0.294 e. The minimum absolute atomic E-state index is 0.0977. The highest BCUT2D eigenvalue weighted by atomic mass is 19.1. The Kier molecular flexibility index (Phi) is 3.79. The molecule has 0 radical (unpaired) electrons. The third kappa shape index (κ3) is 2.72. The number of halogens is 1. The van der Waals surface area contributed by atoms with E-state index in [1.807, 2.05) is 26.8 Å². The highest BCUT2D eigenvalue weighted by Gasteiger charge is 2.17. The van der Waals surface area contributed by atoms with Gasteiger partial charge in [0.2, 0.25) is 0 Å². The minimum Gasteiger partial charge on any atom is -0.294 e. The van der Waals surface area contributed by atoms with Crippen molar-refractivity contribution in [2.24, 2.45) is 0 Å². The smallest absolute Gasteiger partial charge is 0.166 e. The number of carbonyl (C=O) groups is 1. The maximum Gasteiger partial charge on any atom is 0.166 e. The second-order valence-corrected chi connectivity index (χ2v) is 4.61. The van der Waals surface area contributed by atoms with Gasteiger partial charge in [0.1, 0.15) is 5.82 Å². The fourth-order valence-electron chi connectivity index (χ4n) is 2.24. The normalized spacial score (nSPS) is 10.7. The molecule has 1 heterocycles. The molecule has 0 aliphatic carbocycles. The molecule has 100 valence electrons. The van der Waals surface area contributed by atoms with Crippen molar-refractivity contribution < 1.29 is 9.18 Å². The molecule has 0 atom stereocenters. The molecular weight excluding hydrogens is 243 g/mol. The summed E-state index contributed by atoms with van der Waals surface area (Å²) in [6.45, 7) is 6.02. The van der Waals surface area contributed by atoms with Gasteiger partial charge in [0, 0.05) is 12.1 Å². The molecular formula is C15H17FN2O. The summed E-state index contributed by atoms with van der Waals surface area (Å²) >= 11 is 0. The molecule has 2 rings (SSSR count). The average Bonchev–Trinajstić information content (AvgIpc) is 2.64. The number of hydrogen-bond acceptors (Lipinski definition) is 2. The fraction of sp³-hybridized carbons (Fsp3) is 0.333. The number of Topliss-reactive ketones (excluding diaryl/α,β-unsaturated/α-hetero) is 1. The Morgan fingerprint density at radius 1 is 1.37 bits per heavy atom. The highest BCUT2D eigenvalue weighted by Crippen LogP contribution is 2.17. The zero-order valence-corrected chi connectivity index (χ0v) is 11.4. The molecule has 0 fully saturated rings. The van der Waals surface area contributed by atoms with E-state index in [1.165, 1.54) is 12.1 Å². The predicted molar refractivity (Wildman–Crippen MR) is 71.8 cm³/mol. The van der Waals surface area contributed by atoms with E-state index in [2.05, 4.69) is 5.10 Å². The van der Waals surface area contributed by atoms with E-state index >= 15 is 0 Å². The van der Waals surface area contributed by atoms with Gasteiger partial charge in [0.05, 0.1) is 17.8 Å². The van der Waals surface area contributed by atoms with Crippen LogP contribution in [-0.2, 0) is 6.54 Å². The lowest BCUT2D eigenvalue weighted by Gasteiger charge is -2.05. The summed E-state index contributed by atoms with van der Waals surface area (Å²) < 4.78 is 14.9. The van der Waals surface area contributed by atoms with Crippen molar-refractivity contribution in [3.05, 3.63) is 52.6 Å². The lowest BCUT2D eigenvalue weighted by atomic mass is 10.1. The van der Waals surface area contributed by atoms with E-state index in [1.54, 1.807) is 10.7 Å². The summed E-state index contributed by atoms with van der Waals surface area (Å²) in [5.74, 6) is -0.163. The molecule has 0 unspecified atom stereocenters. The van der Waals surface area contributed by atoms with Crippen molar-refractivity contribution in [1.82, 2.24) is 9.78 Å². The van der Waals surface area contributed by atoms with E-state index in [0.717, 1.165) is 17.0 Å². The van der Waals surface area contributed by atoms with Crippen LogP contribution in [0.3, 0.4) is 0 Å². The van der Waals surface area contributed by atoms with E-state index in [9.17, 15) is 9.18 Å². The van der Waals surface area contributed by atoms with E-state index in [4.69, 9.17) is 0 Å². The van der Waals surface area contributed by atoms with Crippen LogP contribution in [0.15, 0.2) is 24.3 Å². The lowest BCUT2D eigenvalue weighted by molar-refractivity contribution is 0.0987. The maximum atomic E-state index is 13.2. The van der Waals surface area contributed by atoms with Crippen molar-refractivity contribution in [3.63, 3.8) is 0 Å². The van der Waals surface area contributed by atoms with E-state index in [0.29, 0.717) is 18.5 Å². The molecule has 0 aliphatic heterocycles. The topological polar surface area (TPSA) is 34.9 Å². The van der Waals surface area contributed by atoms with Crippen LogP contribution in [0.4, 0.5) is 4.39 Å². The Hall–Kier alpha value is -1.97. The SMILES string of the molecule is CCC(=O)c1c(C)nn(Cc2cccc(F)c2)c1C. The number of hydrogen-bond donors (Lipinski definition) is 0. The van der Waals surface area contributed by atoms with Crippen LogP contribution in [0.1, 0.15) is 40.7 Å². The number of ketones is 1. The van der Waals surface area contributed by atoms with Crippen molar-refractivity contribution in [3.8, 4) is 0 Å². The molecule has 0 spiro atoms. The van der Waals surface area contributed by atoms with Crippen molar-refractivity contribution in [2.75, 3.05) is 0 Å². The number of nitrogens with zero attached hydrogens (tertiary/aromatic N) is 2. The first kappa shape index (κ1) is 13.5. The molecule has 4 heteroatoms. The van der Waals surface area contributed by atoms with E-state index in [-0.39, 0.29) is 11.6 Å². The van der Waals surface area contributed by atoms with Crippen molar-refractivity contribution in [1.29, 1.82) is 0 Å². The fourth-order valence-corrected chi connectivity index (χ4v) is 2.24.